The zero-order chi connectivity index (χ0) is 14.5. The van der Waals surface area contributed by atoms with Crippen LogP contribution < -0.4 is 11.1 Å². The largest absolute Gasteiger partial charge is 0.477 e. The van der Waals surface area contributed by atoms with E-state index in [2.05, 4.69) is 10.3 Å². The molecule has 1 amide bonds. The molecule has 0 bridgehead atoms. The van der Waals surface area contributed by atoms with E-state index in [0.717, 1.165) is 5.56 Å². The van der Waals surface area contributed by atoms with Crippen molar-refractivity contribution in [2.45, 2.75) is 38.8 Å². The Hall–Kier alpha value is -1.95. The third-order valence-electron chi connectivity index (χ3n) is 3.21. The molecule has 0 atom stereocenters. The predicted octanol–water partition coefficient (Wildman–Crippen LogP) is 0.913. The topological polar surface area (TPSA) is 105 Å². The average Bonchev–Trinajstić information content (AvgIpc) is 2.44. The monoisotopic (exact) mass is 265 g/mol. The molecule has 0 aliphatic rings. The van der Waals surface area contributed by atoms with Gasteiger partial charge in [-0.05, 0) is 24.5 Å². The van der Waals surface area contributed by atoms with Gasteiger partial charge in [0.05, 0.1) is 5.54 Å². The van der Waals surface area contributed by atoms with Gasteiger partial charge in [-0.15, -0.1) is 0 Å². The zero-order valence-corrected chi connectivity index (χ0v) is 11.1. The lowest BCUT2D eigenvalue weighted by Gasteiger charge is -2.25. The van der Waals surface area contributed by atoms with Crippen LogP contribution in [0.5, 0.6) is 0 Å². The van der Waals surface area contributed by atoms with Crippen molar-refractivity contribution in [3.63, 3.8) is 0 Å². The van der Waals surface area contributed by atoms with E-state index in [-0.39, 0.29) is 18.1 Å². The van der Waals surface area contributed by atoms with Crippen LogP contribution in [0.25, 0.3) is 0 Å². The van der Waals surface area contributed by atoms with Gasteiger partial charge in [-0.2, -0.15) is 0 Å². The fourth-order valence-electron chi connectivity index (χ4n) is 1.59. The number of nitrogens with two attached hydrogens (primary N) is 1. The van der Waals surface area contributed by atoms with Crippen molar-refractivity contribution in [2.75, 3.05) is 0 Å². The van der Waals surface area contributed by atoms with Gasteiger partial charge >= 0.3 is 5.97 Å². The molecule has 0 spiro atoms. The number of nitrogens with one attached hydrogen (secondary N) is 1. The number of carboxylic acid groups (broad SMARTS) is 1. The van der Waals surface area contributed by atoms with E-state index in [0.29, 0.717) is 12.8 Å². The Labute approximate surface area is 112 Å². The van der Waals surface area contributed by atoms with Gasteiger partial charge in [-0.3, -0.25) is 4.79 Å². The molecular formula is C13H19N3O3. The second-order valence-electron chi connectivity index (χ2n) is 4.40. The summed E-state index contributed by atoms with van der Waals surface area (Å²) in [6.07, 6.45) is 2.55. The molecule has 0 unspecified atom stereocenters. The minimum atomic E-state index is -1.08. The second-order valence-corrected chi connectivity index (χ2v) is 4.40. The quantitative estimate of drug-likeness (QED) is 0.709. The van der Waals surface area contributed by atoms with Crippen molar-refractivity contribution in [2.24, 2.45) is 5.73 Å². The minimum Gasteiger partial charge on any atom is -0.477 e. The Morgan fingerprint density at radius 1 is 1.37 bits per heavy atom. The molecule has 4 N–H and O–H groups in total. The molecule has 1 heterocycles. The van der Waals surface area contributed by atoms with Gasteiger partial charge in [-0.1, -0.05) is 19.9 Å². The molecule has 0 aliphatic heterocycles. The molecule has 0 saturated carbocycles. The van der Waals surface area contributed by atoms with E-state index in [1.54, 1.807) is 6.07 Å². The maximum atomic E-state index is 11.9. The number of rotatable bonds is 6. The van der Waals surface area contributed by atoms with Gasteiger partial charge in [0.2, 0.25) is 5.91 Å². The molecule has 0 fully saturated rings. The third kappa shape index (κ3) is 3.75. The van der Waals surface area contributed by atoms with Gasteiger partial charge < -0.3 is 16.2 Å². The van der Waals surface area contributed by atoms with Crippen LogP contribution in [0.3, 0.4) is 0 Å². The first-order valence-electron chi connectivity index (χ1n) is 6.18. The van der Waals surface area contributed by atoms with Crippen molar-refractivity contribution in [3.05, 3.63) is 29.6 Å². The molecule has 1 rings (SSSR count). The van der Waals surface area contributed by atoms with Gasteiger partial charge in [0.1, 0.15) is 5.69 Å². The molecule has 19 heavy (non-hydrogen) atoms. The molecule has 1 aromatic rings. The standard InChI is InChI=1S/C13H19N3O3/c1-3-13(14,4-2)12(19)16-8-9-5-6-10(11(17)18)15-7-9/h5-7H,3-4,8,14H2,1-2H3,(H,16,19)(H,17,18). The second kappa shape index (κ2) is 6.29. The Bertz CT molecular complexity index is 453. The highest BCUT2D eigenvalue weighted by atomic mass is 16.4. The zero-order valence-electron chi connectivity index (χ0n) is 11.1. The number of hydrogen-bond acceptors (Lipinski definition) is 4. The van der Waals surface area contributed by atoms with Crippen LogP contribution in [0.1, 0.15) is 42.7 Å². The first-order valence-corrected chi connectivity index (χ1v) is 6.18. The van der Waals surface area contributed by atoms with Crippen molar-refractivity contribution in [1.29, 1.82) is 0 Å². The number of amides is 1. The molecule has 0 saturated heterocycles. The van der Waals surface area contributed by atoms with E-state index in [9.17, 15) is 9.59 Å². The van der Waals surface area contributed by atoms with Gasteiger partial charge in [-0.25, -0.2) is 9.78 Å². The van der Waals surface area contributed by atoms with Crippen LogP contribution in [0.4, 0.5) is 0 Å². The molecule has 0 aliphatic carbocycles. The van der Waals surface area contributed by atoms with Crippen LogP contribution in [0, 0.1) is 0 Å². The fourth-order valence-corrected chi connectivity index (χ4v) is 1.59. The Balaban J connectivity index is 2.62. The summed E-state index contributed by atoms with van der Waals surface area (Å²) in [4.78, 5) is 26.3. The smallest absolute Gasteiger partial charge is 0.354 e. The number of pyridine rings is 1. The van der Waals surface area contributed by atoms with Crippen molar-refractivity contribution >= 4 is 11.9 Å². The van der Waals surface area contributed by atoms with E-state index < -0.39 is 11.5 Å². The highest BCUT2D eigenvalue weighted by Crippen LogP contribution is 2.11. The van der Waals surface area contributed by atoms with Crippen molar-refractivity contribution in [3.8, 4) is 0 Å². The average molecular weight is 265 g/mol. The number of nitrogens with zero attached hydrogens (tertiary/aromatic N) is 1. The van der Waals surface area contributed by atoms with E-state index in [1.807, 2.05) is 13.8 Å². The molecule has 6 nitrogen and oxygen atoms in total. The molecule has 0 radical (unpaired) electrons. The van der Waals surface area contributed by atoms with E-state index in [4.69, 9.17) is 10.8 Å². The van der Waals surface area contributed by atoms with Crippen LogP contribution in [-0.2, 0) is 11.3 Å². The van der Waals surface area contributed by atoms with Crippen LogP contribution in [-0.4, -0.2) is 27.5 Å². The molecular weight excluding hydrogens is 246 g/mol. The summed E-state index contributed by atoms with van der Waals surface area (Å²) in [7, 11) is 0. The van der Waals surface area contributed by atoms with Crippen LogP contribution in [0.2, 0.25) is 0 Å². The predicted molar refractivity (Wildman–Crippen MR) is 70.5 cm³/mol. The number of aromatic nitrogens is 1. The van der Waals surface area contributed by atoms with E-state index >= 15 is 0 Å². The van der Waals surface area contributed by atoms with E-state index in [1.165, 1.54) is 12.3 Å². The minimum absolute atomic E-state index is 0.0228. The summed E-state index contributed by atoms with van der Waals surface area (Å²) < 4.78 is 0. The highest BCUT2D eigenvalue weighted by molar-refractivity contribution is 5.86. The molecule has 1 aromatic heterocycles. The lowest BCUT2D eigenvalue weighted by Crippen LogP contribution is -2.52. The Morgan fingerprint density at radius 3 is 2.42 bits per heavy atom. The molecule has 0 aromatic carbocycles. The summed E-state index contributed by atoms with van der Waals surface area (Å²) in [5, 5.41) is 11.5. The maximum Gasteiger partial charge on any atom is 0.354 e. The van der Waals surface area contributed by atoms with Crippen molar-refractivity contribution in [1.82, 2.24) is 10.3 Å². The number of aromatic carboxylic acids is 1. The molecule has 6 heteroatoms. The van der Waals surface area contributed by atoms with Gasteiger partial charge in [0, 0.05) is 12.7 Å². The highest BCUT2D eigenvalue weighted by Gasteiger charge is 2.29. The SMILES string of the molecule is CCC(N)(CC)C(=O)NCc1ccc(C(=O)O)nc1. The first-order chi connectivity index (χ1) is 8.92. The van der Waals surface area contributed by atoms with Crippen molar-refractivity contribution < 1.29 is 14.7 Å². The summed E-state index contributed by atoms with van der Waals surface area (Å²) in [6, 6.07) is 3.02. The van der Waals surface area contributed by atoms with Gasteiger partial charge in [0.15, 0.2) is 0 Å². The normalized spacial score (nSPS) is 11.1. The summed E-state index contributed by atoms with van der Waals surface area (Å²) in [5.41, 5.74) is 5.82. The maximum absolute atomic E-state index is 11.9. The Morgan fingerprint density at radius 2 is 2.00 bits per heavy atom. The lowest BCUT2D eigenvalue weighted by molar-refractivity contribution is -0.126. The number of carbonyl (C=O) groups excluding carboxylic acids is 1. The number of hydrogen-bond donors (Lipinski definition) is 3. The third-order valence-corrected chi connectivity index (χ3v) is 3.21. The lowest BCUT2D eigenvalue weighted by atomic mass is 9.93. The molecule has 104 valence electrons. The van der Waals surface area contributed by atoms with Crippen LogP contribution >= 0.6 is 0 Å². The summed E-state index contributed by atoms with van der Waals surface area (Å²) in [5.74, 6) is -1.28. The number of carbonyl (C=O) groups is 2. The van der Waals surface area contributed by atoms with Crippen LogP contribution in [0.15, 0.2) is 18.3 Å². The van der Waals surface area contributed by atoms with Gasteiger partial charge in [0.25, 0.3) is 0 Å². The summed E-state index contributed by atoms with van der Waals surface area (Å²) in [6.45, 7) is 4.02. The first kappa shape index (κ1) is 15.1. The summed E-state index contributed by atoms with van der Waals surface area (Å²) >= 11 is 0. The number of carboxylic acids is 1. The fraction of sp³-hybridized carbons (Fsp3) is 0.462. The Kier molecular flexibility index (Phi) is 5.00.